The number of hydrogen-bond acceptors (Lipinski definition) is 5. The second-order valence-electron chi connectivity index (χ2n) is 7.54. The molecule has 2 aliphatic heterocycles. The van der Waals surface area contributed by atoms with Crippen LogP contribution in [0.25, 0.3) is 0 Å². The number of hydroxylamine groups is 1. The molecule has 2 fully saturated rings. The fraction of sp³-hybridized carbons (Fsp3) is 0.167. The van der Waals surface area contributed by atoms with Crippen LogP contribution in [0.15, 0.2) is 77.3 Å². The monoisotopic (exact) mass is 512 g/mol. The molecule has 0 N–H and O–H groups in total. The van der Waals surface area contributed by atoms with E-state index in [2.05, 4.69) is 15.9 Å². The molecule has 3 atom stereocenters. The van der Waals surface area contributed by atoms with Crippen molar-refractivity contribution in [3.63, 3.8) is 0 Å². The smallest absolute Gasteiger partial charge is 0.266 e. The molecule has 0 aromatic heterocycles. The highest BCUT2D eigenvalue weighted by molar-refractivity contribution is 9.10. The van der Waals surface area contributed by atoms with E-state index in [4.69, 9.17) is 21.2 Å². The van der Waals surface area contributed by atoms with E-state index in [1.165, 1.54) is 4.90 Å². The second kappa shape index (κ2) is 8.24. The van der Waals surface area contributed by atoms with Crippen LogP contribution in [-0.2, 0) is 14.4 Å². The van der Waals surface area contributed by atoms with Crippen molar-refractivity contribution < 1.29 is 19.2 Å². The number of methoxy groups -OCH3 is 1. The van der Waals surface area contributed by atoms with Crippen LogP contribution in [0.5, 0.6) is 5.75 Å². The first-order chi connectivity index (χ1) is 15.5. The number of imide groups is 1. The molecular weight excluding hydrogens is 496 g/mol. The number of carbonyl (C=O) groups is 2. The standard InChI is InChI=1S/C24H18BrClN2O4/c1-31-19-12-7-14(13-18(19)25)21-20-22(32-28(21)17-5-3-2-4-6-17)24(30)27(23(20)29)16-10-8-15(26)9-11-16/h2-13,20-22H,1H3. The predicted octanol–water partition coefficient (Wildman–Crippen LogP) is 5.16. The van der Waals surface area contributed by atoms with Crippen LogP contribution >= 0.6 is 27.5 Å². The van der Waals surface area contributed by atoms with Gasteiger partial charge in [-0.25, -0.2) is 9.96 Å². The molecule has 0 bridgehead atoms. The van der Waals surface area contributed by atoms with Gasteiger partial charge in [0.25, 0.3) is 5.91 Å². The topological polar surface area (TPSA) is 59.1 Å². The van der Waals surface area contributed by atoms with E-state index in [0.29, 0.717) is 16.5 Å². The number of fused-ring (bicyclic) bond motifs is 1. The summed E-state index contributed by atoms with van der Waals surface area (Å²) in [6.45, 7) is 0. The lowest BCUT2D eigenvalue weighted by molar-refractivity contribution is -0.126. The molecule has 6 nitrogen and oxygen atoms in total. The third-order valence-electron chi connectivity index (χ3n) is 5.73. The number of nitrogens with zero attached hydrogens (tertiary/aromatic N) is 2. The third-order valence-corrected chi connectivity index (χ3v) is 6.60. The van der Waals surface area contributed by atoms with Gasteiger partial charge in [0.2, 0.25) is 5.91 Å². The Labute approximate surface area is 198 Å². The van der Waals surface area contributed by atoms with E-state index in [1.807, 2.05) is 48.5 Å². The Morgan fingerprint density at radius 3 is 2.31 bits per heavy atom. The van der Waals surface area contributed by atoms with Crippen LogP contribution in [0.1, 0.15) is 11.6 Å². The molecule has 0 radical (unpaired) electrons. The number of ether oxygens (including phenoxy) is 1. The summed E-state index contributed by atoms with van der Waals surface area (Å²) in [5.74, 6) is -0.734. The third kappa shape index (κ3) is 3.37. The molecule has 0 saturated carbocycles. The quantitative estimate of drug-likeness (QED) is 0.451. The Kier molecular flexibility index (Phi) is 5.41. The van der Waals surface area contributed by atoms with E-state index in [9.17, 15) is 9.59 Å². The normalized spacial score (nSPS) is 22.4. The van der Waals surface area contributed by atoms with Crippen LogP contribution in [0.2, 0.25) is 5.02 Å². The number of halogens is 2. The van der Waals surface area contributed by atoms with E-state index < -0.39 is 24.0 Å². The molecule has 8 heteroatoms. The zero-order chi connectivity index (χ0) is 22.4. The summed E-state index contributed by atoms with van der Waals surface area (Å²) in [7, 11) is 1.59. The maximum atomic E-state index is 13.6. The summed E-state index contributed by atoms with van der Waals surface area (Å²) in [5, 5.41) is 2.19. The Bertz CT molecular complexity index is 1190. The highest BCUT2D eigenvalue weighted by Crippen LogP contribution is 2.48. The molecule has 2 saturated heterocycles. The second-order valence-corrected chi connectivity index (χ2v) is 8.83. The molecule has 162 valence electrons. The number of benzene rings is 3. The molecule has 3 aromatic carbocycles. The number of carbonyl (C=O) groups excluding carboxylic acids is 2. The van der Waals surface area contributed by atoms with Gasteiger partial charge in [-0.2, -0.15) is 0 Å². The first-order valence-corrected chi connectivity index (χ1v) is 11.1. The van der Waals surface area contributed by atoms with Crippen molar-refractivity contribution in [2.24, 2.45) is 5.92 Å². The lowest BCUT2D eigenvalue weighted by atomic mass is 9.90. The largest absolute Gasteiger partial charge is 0.496 e. The highest BCUT2D eigenvalue weighted by atomic mass is 79.9. The van der Waals surface area contributed by atoms with E-state index in [0.717, 1.165) is 15.7 Å². The molecule has 3 aromatic rings. The van der Waals surface area contributed by atoms with Gasteiger partial charge in [-0.05, 0) is 70.0 Å². The van der Waals surface area contributed by atoms with Crippen molar-refractivity contribution in [1.29, 1.82) is 0 Å². The Morgan fingerprint density at radius 1 is 0.938 bits per heavy atom. The van der Waals surface area contributed by atoms with E-state index in [1.54, 1.807) is 36.4 Å². The van der Waals surface area contributed by atoms with E-state index in [-0.39, 0.29) is 5.91 Å². The maximum Gasteiger partial charge on any atom is 0.266 e. The fourth-order valence-electron chi connectivity index (χ4n) is 4.26. The van der Waals surface area contributed by atoms with Crippen LogP contribution in [0.3, 0.4) is 0 Å². The molecule has 2 amide bonds. The lowest BCUT2D eigenvalue weighted by Gasteiger charge is -2.29. The van der Waals surface area contributed by atoms with Gasteiger partial charge >= 0.3 is 0 Å². The molecule has 32 heavy (non-hydrogen) atoms. The van der Waals surface area contributed by atoms with Crippen molar-refractivity contribution in [2.75, 3.05) is 17.1 Å². The molecule has 0 aliphatic carbocycles. The Hall–Kier alpha value is -2.87. The zero-order valence-corrected chi connectivity index (χ0v) is 19.3. The summed E-state index contributed by atoms with van der Waals surface area (Å²) in [6, 6.07) is 21.2. The first kappa shape index (κ1) is 21.0. The minimum absolute atomic E-state index is 0.308. The number of hydrogen-bond donors (Lipinski definition) is 0. The maximum absolute atomic E-state index is 13.6. The van der Waals surface area contributed by atoms with Crippen molar-refractivity contribution in [3.8, 4) is 5.75 Å². The van der Waals surface area contributed by atoms with Gasteiger partial charge in [-0.15, -0.1) is 0 Å². The number of rotatable bonds is 4. The fourth-order valence-corrected chi connectivity index (χ4v) is 4.95. The van der Waals surface area contributed by atoms with Gasteiger partial charge in [0.1, 0.15) is 11.7 Å². The molecule has 5 rings (SSSR count). The minimum atomic E-state index is -0.927. The zero-order valence-electron chi connectivity index (χ0n) is 16.9. The first-order valence-electron chi connectivity index (χ1n) is 9.97. The van der Waals surface area contributed by atoms with Crippen LogP contribution in [0, 0.1) is 5.92 Å². The van der Waals surface area contributed by atoms with Gasteiger partial charge in [0, 0.05) is 5.02 Å². The average molecular weight is 514 g/mol. The Balaban J connectivity index is 1.59. The minimum Gasteiger partial charge on any atom is -0.496 e. The van der Waals surface area contributed by atoms with Crippen molar-refractivity contribution in [2.45, 2.75) is 12.1 Å². The van der Waals surface area contributed by atoms with Crippen molar-refractivity contribution in [3.05, 3.63) is 87.9 Å². The summed E-state index contributed by atoms with van der Waals surface area (Å²) in [4.78, 5) is 34.2. The van der Waals surface area contributed by atoms with Crippen LogP contribution in [-0.4, -0.2) is 25.0 Å². The lowest BCUT2D eigenvalue weighted by Crippen LogP contribution is -2.37. The van der Waals surface area contributed by atoms with E-state index >= 15 is 0 Å². The SMILES string of the molecule is COc1ccc(C2C3C(=O)N(c4ccc(Cl)cc4)C(=O)C3ON2c2ccccc2)cc1Br. The van der Waals surface area contributed by atoms with Gasteiger partial charge in [-0.3, -0.25) is 14.4 Å². The van der Waals surface area contributed by atoms with Gasteiger partial charge in [0.15, 0.2) is 6.10 Å². The van der Waals surface area contributed by atoms with Crippen LogP contribution < -0.4 is 14.7 Å². The number of amides is 2. The average Bonchev–Trinajstić information content (AvgIpc) is 3.31. The molecule has 2 aliphatic rings. The molecular formula is C24H18BrClN2O4. The van der Waals surface area contributed by atoms with Crippen molar-refractivity contribution >= 4 is 50.7 Å². The summed E-state index contributed by atoms with van der Waals surface area (Å²) < 4.78 is 6.10. The van der Waals surface area contributed by atoms with Crippen LogP contribution in [0.4, 0.5) is 11.4 Å². The van der Waals surface area contributed by atoms with Gasteiger partial charge in [0.05, 0.1) is 29.0 Å². The Morgan fingerprint density at radius 2 is 1.66 bits per heavy atom. The summed E-state index contributed by atoms with van der Waals surface area (Å²) in [6.07, 6.45) is -0.927. The van der Waals surface area contributed by atoms with Gasteiger partial charge < -0.3 is 4.74 Å². The summed E-state index contributed by atoms with van der Waals surface area (Å²) >= 11 is 9.51. The molecule has 0 spiro atoms. The highest BCUT2D eigenvalue weighted by Gasteiger charge is 2.60. The molecule has 3 unspecified atom stereocenters. The number of para-hydroxylation sites is 1. The van der Waals surface area contributed by atoms with Crippen molar-refractivity contribution in [1.82, 2.24) is 0 Å². The number of anilines is 2. The van der Waals surface area contributed by atoms with Gasteiger partial charge in [-0.1, -0.05) is 35.9 Å². The summed E-state index contributed by atoms with van der Waals surface area (Å²) in [5.41, 5.74) is 2.06. The molecule has 2 heterocycles. The predicted molar refractivity (Wildman–Crippen MR) is 125 cm³/mol.